The molecule has 0 radical (unpaired) electrons. The number of nitrogens with zero attached hydrogens (tertiary/aromatic N) is 4. The van der Waals surface area contributed by atoms with Crippen molar-refractivity contribution in [2.45, 2.75) is 40.3 Å². The summed E-state index contributed by atoms with van der Waals surface area (Å²) in [5.41, 5.74) is 9.88. The average Bonchev–Trinajstić information content (AvgIpc) is 2.79. The number of nitrogen functional groups attached to an aromatic ring is 1. The quantitative estimate of drug-likeness (QED) is 0.862. The van der Waals surface area contributed by atoms with E-state index in [9.17, 15) is 0 Å². The van der Waals surface area contributed by atoms with Gasteiger partial charge in [0.25, 0.3) is 0 Å². The molecule has 0 aliphatic rings. The van der Waals surface area contributed by atoms with Gasteiger partial charge in [-0.25, -0.2) is 4.68 Å². The van der Waals surface area contributed by atoms with Gasteiger partial charge < -0.3 is 11.1 Å². The number of hydrogen-bond donors (Lipinski definition) is 2. The van der Waals surface area contributed by atoms with Gasteiger partial charge in [-0.15, -0.1) is 0 Å². The van der Waals surface area contributed by atoms with Crippen LogP contribution in [0.4, 0.5) is 11.5 Å². The van der Waals surface area contributed by atoms with Gasteiger partial charge in [0, 0.05) is 31.9 Å². The summed E-state index contributed by atoms with van der Waals surface area (Å²) in [4.78, 5) is 0. The first-order valence-corrected chi connectivity index (χ1v) is 6.58. The average molecular weight is 262 g/mol. The van der Waals surface area contributed by atoms with Crippen molar-refractivity contribution < 1.29 is 0 Å². The highest BCUT2D eigenvalue weighted by atomic mass is 15.3. The van der Waals surface area contributed by atoms with Crippen molar-refractivity contribution in [2.75, 3.05) is 11.1 Å². The monoisotopic (exact) mass is 262 g/mol. The summed E-state index contributed by atoms with van der Waals surface area (Å²) < 4.78 is 3.76. The predicted octanol–water partition coefficient (Wildman–Crippen LogP) is 1.84. The van der Waals surface area contributed by atoms with Crippen LogP contribution in [0.15, 0.2) is 6.20 Å². The van der Waals surface area contributed by atoms with Crippen LogP contribution in [0.3, 0.4) is 0 Å². The fraction of sp³-hybridized carbons (Fsp3) is 0.538. The van der Waals surface area contributed by atoms with Gasteiger partial charge in [0.2, 0.25) is 0 Å². The molecule has 0 atom stereocenters. The van der Waals surface area contributed by atoms with Crippen LogP contribution in [0.25, 0.3) is 0 Å². The molecule has 0 saturated heterocycles. The van der Waals surface area contributed by atoms with Crippen molar-refractivity contribution in [1.82, 2.24) is 19.6 Å². The summed E-state index contributed by atoms with van der Waals surface area (Å²) in [5.74, 6) is 0.905. The molecule has 0 aliphatic heterocycles. The van der Waals surface area contributed by atoms with Gasteiger partial charge in [-0.2, -0.15) is 10.2 Å². The zero-order valence-corrected chi connectivity index (χ0v) is 12.1. The number of aromatic nitrogens is 4. The molecule has 0 fully saturated rings. The minimum atomic E-state index is 0.707. The van der Waals surface area contributed by atoms with Crippen LogP contribution in [0, 0.1) is 13.8 Å². The molecule has 3 N–H and O–H groups in total. The summed E-state index contributed by atoms with van der Waals surface area (Å²) in [5, 5.41) is 12.2. The predicted molar refractivity (Wildman–Crippen MR) is 76.9 cm³/mol. The normalized spacial score (nSPS) is 10.9. The highest BCUT2D eigenvalue weighted by Gasteiger charge is 2.12. The summed E-state index contributed by atoms with van der Waals surface area (Å²) in [6.45, 7) is 7.64. The SMILES string of the molecule is CCCn1nc(C)c(N)c1NCc1cn(C)nc1C. The van der Waals surface area contributed by atoms with Crippen LogP contribution < -0.4 is 11.1 Å². The van der Waals surface area contributed by atoms with Crippen molar-refractivity contribution in [2.24, 2.45) is 7.05 Å². The molecule has 0 aliphatic carbocycles. The van der Waals surface area contributed by atoms with Crippen LogP contribution in [-0.4, -0.2) is 19.6 Å². The number of nitrogens with two attached hydrogens (primary N) is 1. The highest BCUT2D eigenvalue weighted by molar-refractivity contribution is 5.64. The van der Waals surface area contributed by atoms with Gasteiger partial charge in [0.1, 0.15) is 5.82 Å². The number of aryl methyl sites for hydroxylation is 4. The Bertz CT molecular complexity index is 566. The van der Waals surface area contributed by atoms with E-state index < -0.39 is 0 Å². The maximum atomic E-state index is 6.07. The molecule has 2 heterocycles. The molecular weight excluding hydrogens is 240 g/mol. The van der Waals surface area contributed by atoms with E-state index in [2.05, 4.69) is 22.4 Å². The molecule has 0 unspecified atom stereocenters. The molecule has 19 heavy (non-hydrogen) atoms. The Morgan fingerprint density at radius 3 is 2.58 bits per heavy atom. The first-order chi connectivity index (χ1) is 9.02. The van der Waals surface area contributed by atoms with E-state index in [1.807, 2.05) is 36.5 Å². The smallest absolute Gasteiger partial charge is 0.148 e. The van der Waals surface area contributed by atoms with Crippen LogP contribution in [-0.2, 0) is 20.1 Å². The molecule has 0 amide bonds. The molecule has 0 aromatic carbocycles. The first-order valence-electron chi connectivity index (χ1n) is 6.58. The third-order valence-corrected chi connectivity index (χ3v) is 3.17. The largest absolute Gasteiger partial charge is 0.394 e. The van der Waals surface area contributed by atoms with Crippen molar-refractivity contribution in [3.63, 3.8) is 0 Å². The molecule has 0 spiro atoms. The second kappa shape index (κ2) is 5.34. The second-order valence-electron chi connectivity index (χ2n) is 4.84. The van der Waals surface area contributed by atoms with E-state index in [4.69, 9.17) is 5.73 Å². The zero-order valence-electron chi connectivity index (χ0n) is 12.1. The van der Waals surface area contributed by atoms with E-state index in [0.29, 0.717) is 6.54 Å². The maximum Gasteiger partial charge on any atom is 0.148 e. The lowest BCUT2D eigenvalue weighted by Crippen LogP contribution is -2.09. The van der Waals surface area contributed by atoms with E-state index in [1.54, 1.807) is 0 Å². The van der Waals surface area contributed by atoms with E-state index in [1.165, 1.54) is 5.56 Å². The topological polar surface area (TPSA) is 73.7 Å². The molecule has 6 nitrogen and oxygen atoms in total. The third kappa shape index (κ3) is 2.72. The van der Waals surface area contributed by atoms with Gasteiger partial charge in [0.05, 0.1) is 17.1 Å². The fourth-order valence-corrected chi connectivity index (χ4v) is 2.16. The molecule has 2 aromatic heterocycles. The Labute approximate surface area is 113 Å². The van der Waals surface area contributed by atoms with Crippen LogP contribution >= 0.6 is 0 Å². The number of nitrogens with one attached hydrogen (secondary N) is 1. The first kappa shape index (κ1) is 13.5. The second-order valence-corrected chi connectivity index (χ2v) is 4.84. The van der Waals surface area contributed by atoms with Crippen molar-refractivity contribution in [3.05, 3.63) is 23.1 Å². The fourth-order valence-electron chi connectivity index (χ4n) is 2.16. The molecule has 2 aromatic rings. The molecule has 2 rings (SSSR count). The molecular formula is C13H22N6. The van der Waals surface area contributed by atoms with Crippen molar-refractivity contribution in [1.29, 1.82) is 0 Å². The Hall–Kier alpha value is -1.98. The summed E-state index contributed by atoms with van der Waals surface area (Å²) in [6, 6.07) is 0. The lowest BCUT2D eigenvalue weighted by Gasteiger charge is -2.09. The molecule has 6 heteroatoms. The minimum Gasteiger partial charge on any atom is -0.394 e. The summed E-state index contributed by atoms with van der Waals surface area (Å²) in [7, 11) is 1.93. The standard InChI is InChI=1S/C13H22N6/c1-5-6-19-13(12(14)10(3)17-19)15-7-11-8-18(4)16-9(11)2/h8,15H,5-7,14H2,1-4H3. The molecule has 104 valence electrons. The summed E-state index contributed by atoms with van der Waals surface area (Å²) in [6.07, 6.45) is 3.05. The van der Waals surface area contributed by atoms with E-state index >= 15 is 0 Å². The molecule has 0 saturated carbocycles. The summed E-state index contributed by atoms with van der Waals surface area (Å²) >= 11 is 0. The minimum absolute atomic E-state index is 0.707. The van der Waals surface area contributed by atoms with Crippen molar-refractivity contribution in [3.8, 4) is 0 Å². The van der Waals surface area contributed by atoms with Gasteiger partial charge in [-0.05, 0) is 20.3 Å². The number of anilines is 2. The van der Waals surface area contributed by atoms with Gasteiger partial charge in [-0.1, -0.05) is 6.92 Å². The van der Waals surface area contributed by atoms with Gasteiger partial charge in [0.15, 0.2) is 0 Å². The lowest BCUT2D eigenvalue weighted by atomic mass is 10.2. The van der Waals surface area contributed by atoms with E-state index in [-0.39, 0.29) is 0 Å². The van der Waals surface area contributed by atoms with Gasteiger partial charge in [-0.3, -0.25) is 4.68 Å². The number of rotatable bonds is 5. The van der Waals surface area contributed by atoms with Crippen LogP contribution in [0.1, 0.15) is 30.3 Å². The number of hydrogen-bond acceptors (Lipinski definition) is 4. The zero-order chi connectivity index (χ0) is 14.0. The maximum absolute atomic E-state index is 6.07. The van der Waals surface area contributed by atoms with Crippen molar-refractivity contribution >= 4 is 11.5 Å². The van der Waals surface area contributed by atoms with Crippen LogP contribution in [0.5, 0.6) is 0 Å². The molecule has 0 bridgehead atoms. The Morgan fingerprint density at radius 2 is 2.00 bits per heavy atom. The Balaban J connectivity index is 2.17. The van der Waals surface area contributed by atoms with Gasteiger partial charge >= 0.3 is 0 Å². The van der Waals surface area contributed by atoms with E-state index in [0.717, 1.165) is 35.9 Å². The highest BCUT2D eigenvalue weighted by Crippen LogP contribution is 2.23. The Morgan fingerprint density at radius 1 is 1.26 bits per heavy atom. The van der Waals surface area contributed by atoms with Crippen LogP contribution in [0.2, 0.25) is 0 Å². The third-order valence-electron chi connectivity index (χ3n) is 3.17. The lowest BCUT2D eigenvalue weighted by molar-refractivity contribution is 0.602. The Kier molecular flexibility index (Phi) is 3.78.